The van der Waals surface area contributed by atoms with Crippen LogP contribution in [0.15, 0.2) is 0 Å². The molecule has 2 rings (SSSR count). The largest absolute Gasteiger partial charge is 0.394 e. The predicted octanol–water partition coefficient (Wildman–Crippen LogP) is 3.50. The van der Waals surface area contributed by atoms with Gasteiger partial charge in [0.1, 0.15) is 0 Å². The smallest absolute Gasteiger partial charge is 0.0616 e. The molecule has 21 heavy (non-hydrogen) atoms. The number of aliphatic hydroxyl groups excluding tert-OH is 1. The second-order valence-corrected chi connectivity index (χ2v) is 7.57. The highest BCUT2D eigenvalue weighted by atomic mass is 16.5. The average Bonchev–Trinajstić information content (AvgIpc) is 2.87. The Bertz CT molecular complexity index is 289. The molecular weight excluding hydrogens is 262 g/mol. The molecule has 0 saturated heterocycles. The summed E-state index contributed by atoms with van der Waals surface area (Å²) in [7, 11) is 0. The van der Waals surface area contributed by atoms with Crippen LogP contribution < -0.4 is 5.32 Å². The van der Waals surface area contributed by atoms with Gasteiger partial charge in [-0.1, -0.05) is 39.5 Å². The Labute approximate surface area is 130 Å². The van der Waals surface area contributed by atoms with E-state index in [1.54, 1.807) is 0 Å². The summed E-state index contributed by atoms with van der Waals surface area (Å²) in [5, 5.41) is 13.5. The van der Waals surface area contributed by atoms with Gasteiger partial charge in [-0.15, -0.1) is 0 Å². The number of ether oxygens (including phenoxy) is 1. The van der Waals surface area contributed by atoms with Gasteiger partial charge in [0.05, 0.1) is 6.61 Å². The zero-order chi connectivity index (χ0) is 15.1. The molecule has 2 unspecified atom stereocenters. The fourth-order valence-corrected chi connectivity index (χ4v) is 4.41. The van der Waals surface area contributed by atoms with Crippen LogP contribution >= 0.6 is 0 Å². The van der Waals surface area contributed by atoms with Crippen molar-refractivity contribution in [2.75, 3.05) is 19.8 Å². The van der Waals surface area contributed by atoms with E-state index in [1.165, 1.54) is 44.9 Å². The van der Waals surface area contributed by atoms with E-state index < -0.39 is 0 Å². The van der Waals surface area contributed by atoms with Crippen LogP contribution in [0.3, 0.4) is 0 Å². The lowest BCUT2D eigenvalue weighted by Crippen LogP contribution is -2.54. The van der Waals surface area contributed by atoms with Crippen molar-refractivity contribution in [2.45, 2.75) is 83.2 Å². The Hall–Kier alpha value is -0.120. The van der Waals surface area contributed by atoms with Gasteiger partial charge < -0.3 is 15.2 Å². The van der Waals surface area contributed by atoms with Crippen LogP contribution in [0.2, 0.25) is 0 Å². The third-order valence-corrected chi connectivity index (χ3v) is 5.50. The first kappa shape index (κ1) is 17.2. The molecule has 0 spiro atoms. The summed E-state index contributed by atoms with van der Waals surface area (Å²) in [5.74, 6) is 1.37. The minimum absolute atomic E-state index is 0.0532. The molecule has 124 valence electrons. The lowest BCUT2D eigenvalue weighted by atomic mass is 9.85. The Morgan fingerprint density at radius 2 is 1.90 bits per heavy atom. The maximum atomic E-state index is 9.89. The number of hydrogen-bond donors (Lipinski definition) is 2. The predicted molar refractivity (Wildman–Crippen MR) is 87.4 cm³/mol. The molecule has 2 atom stereocenters. The van der Waals surface area contributed by atoms with E-state index in [4.69, 9.17) is 4.74 Å². The summed E-state index contributed by atoms with van der Waals surface area (Å²) < 4.78 is 5.97. The molecule has 0 heterocycles. The van der Waals surface area contributed by atoms with Crippen molar-refractivity contribution >= 4 is 0 Å². The van der Waals surface area contributed by atoms with Gasteiger partial charge in [0, 0.05) is 24.8 Å². The molecule has 3 nitrogen and oxygen atoms in total. The molecule has 0 radical (unpaired) electrons. The first-order valence-electron chi connectivity index (χ1n) is 9.12. The van der Waals surface area contributed by atoms with Crippen LogP contribution in [0.5, 0.6) is 0 Å². The van der Waals surface area contributed by atoms with Crippen molar-refractivity contribution in [2.24, 2.45) is 11.8 Å². The van der Waals surface area contributed by atoms with Crippen LogP contribution in [0.25, 0.3) is 0 Å². The van der Waals surface area contributed by atoms with Crippen molar-refractivity contribution in [1.82, 2.24) is 5.32 Å². The average molecular weight is 297 g/mol. The summed E-state index contributed by atoms with van der Waals surface area (Å²) in [4.78, 5) is 0. The van der Waals surface area contributed by atoms with Crippen molar-refractivity contribution in [3.05, 3.63) is 0 Å². The highest BCUT2D eigenvalue weighted by Crippen LogP contribution is 2.38. The van der Waals surface area contributed by atoms with Gasteiger partial charge in [-0.2, -0.15) is 0 Å². The van der Waals surface area contributed by atoms with Crippen LogP contribution in [0.4, 0.5) is 0 Å². The van der Waals surface area contributed by atoms with Gasteiger partial charge >= 0.3 is 0 Å². The normalized spacial score (nSPS) is 31.1. The van der Waals surface area contributed by atoms with E-state index in [1.807, 2.05) is 0 Å². The highest BCUT2D eigenvalue weighted by molar-refractivity contribution is 4.99. The second kappa shape index (κ2) is 8.50. The minimum atomic E-state index is -0.0532. The molecular formula is C18H35NO2. The molecule has 2 aliphatic carbocycles. The summed E-state index contributed by atoms with van der Waals surface area (Å²) in [6, 6.07) is 0.431. The van der Waals surface area contributed by atoms with Crippen LogP contribution in [-0.4, -0.2) is 36.5 Å². The van der Waals surface area contributed by atoms with E-state index in [-0.39, 0.29) is 12.1 Å². The maximum absolute atomic E-state index is 9.89. The molecule has 2 fully saturated rings. The molecule has 0 aromatic heterocycles. The SMILES string of the molecule is CC(C)NC1(CO)CCCC1CCOCC1CCCCC1. The van der Waals surface area contributed by atoms with E-state index >= 15 is 0 Å². The molecule has 3 heteroatoms. The van der Waals surface area contributed by atoms with Crippen molar-refractivity contribution < 1.29 is 9.84 Å². The van der Waals surface area contributed by atoms with Crippen LogP contribution in [0.1, 0.15) is 71.6 Å². The first-order chi connectivity index (χ1) is 10.2. The Kier molecular flexibility index (Phi) is 6.97. The summed E-state index contributed by atoms with van der Waals surface area (Å²) >= 11 is 0. The van der Waals surface area contributed by atoms with Gasteiger partial charge in [0.25, 0.3) is 0 Å². The molecule has 0 aromatic carbocycles. The third kappa shape index (κ3) is 4.94. The lowest BCUT2D eigenvalue weighted by molar-refractivity contribution is 0.0536. The topological polar surface area (TPSA) is 41.5 Å². The standard InChI is InChI=1S/C18H35NO2/c1-15(2)19-18(14-20)11-6-9-17(18)10-12-21-13-16-7-4-3-5-8-16/h15-17,19-20H,3-14H2,1-2H3. The fourth-order valence-electron chi connectivity index (χ4n) is 4.41. The van der Waals surface area contributed by atoms with Gasteiger partial charge in [0.2, 0.25) is 0 Å². The van der Waals surface area contributed by atoms with Crippen molar-refractivity contribution in [3.8, 4) is 0 Å². The molecule has 2 N–H and O–H groups in total. The molecule has 0 bridgehead atoms. The number of rotatable bonds is 8. The summed E-state index contributed by atoms with van der Waals surface area (Å²) in [5.41, 5.74) is -0.0532. The van der Waals surface area contributed by atoms with Crippen LogP contribution in [0, 0.1) is 11.8 Å². The molecule has 2 saturated carbocycles. The quantitative estimate of drug-likeness (QED) is 0.674. The van der Waals surface area contributed by atoms with Crippen molar-refractivity contribution in [3.63, 3.8) is 0 Å². The van der Waals surface area contributed by atoms with E-state index in [0.717, 1.165) is 32.0 Å². The highest BCUT2D eigenvalue weighted by Gasteiger charge is 2.42. The molecule has 0 amide bonds. The molecule has 0 aliphatic heterocycles. The second-order valence-electron chi connectivity index (χ2n) is 7.57. The fraction of sp³-hybridized carbons (Fsp3) is 1.00. The van der Waals surface area contributed by atoms with Gasteiger partial charge in [-0.25, -0.2) is 0 Å². The monoisotopic (exact) mass is 297 g/mol. The zero-order valence-corrected chi connectivity index (χ0v) is 14.1. The van der Waals surface area contributed by atoms with Crippen molar-refractivity contribution in [1.29, 1.82) is 0 Å². The zero-order valence-electron chi connectivity index (χ0n) is 14.1. The van der Waals surface area contributed by atoms with E-state index in [0.29, 0.717) is 12.0 Å². The van der Waals surface area contributed by atoms with Gasteiger partial charge in [-0.05, 0) is 43.9 Å². The lowest BCUT2D eigenvalue weighted by Gasteiger charge is -2.37. The Balaban J connectivity index is 1.70. The Morgan fingerprint density at radius 1 is 1.14 bits per heavy atom. The Morgan fingerprint density at radius 3 is 2.57 bits per heavy atom. The minimum Gasteiger partial charge on any atom is -0.394 e. The summed E-state index contributed by atoms with van der Waals surface area (Å²) in [6.45, 7) is 6.43. The van der Waals surface area contributed by atoms with E-state index in [9.17, 15) is 5.11 Å². The number of hydrogen-bond acceptors (Lipinski definition) is 3. The maximum Gasteiger partial charge on any atom is 0.0616 e. The summed E-state index contributed by atoms with van der Waals surface area (Å²) in [6.07, 6.45) is 11.6. The van der Waals surface area contributed by atoms with E-state index in [2.05, 4.69) is 19.2 Å². The van der Waals surface area contributed by atoms with Gasteiger partial charge in [-0.3, -0.25) is 0 Å². The first-order valence-corrected chi connectivity index (χ1v) is 9.12. The number of aliphatic hydroxyl groups is 1. The third-order valence-electron chi connectivity index (χ3n) is 5.50. The van der Waals surface area contributed by atoms with Gasteiger partial charge in [0.15, 0.2) is 0 Å². The molecule has 2 aliphatic rings. The molecule has 0 aromatic rings. The number of nitrogens with one attached hydrogen (secondary N) is 1. The van der Waals surface area contributed by atoms with Crippen LogP contribution in [-0.2, 0) is 4.74 Å².